The molecule has 2 N–H and O–H groups in total. The number of anilines is 1. The van der Waals surface area contributed by atoms with Crippen molar-refractivity contribution in [1.82, 2.24) is 14.9 Å². The van der Waals surface area contributed by atoms with E-state index in [-0.39, 0.29) is 11.6 Å². The Bertz CT molecular complexity index is 1270. The first-order valence-corrected chi connectivity index (χ1v) is 11.1. The third kappa shape index (κ3) is 3.94. The van der Waals surface area contributed by atoms with E-state index in [1.54, 1.807) is 28.9 Å². The van der Waals surface area contributed by atoms with E-state index in [4.69, 9.17) is 11.6 Å². The number of carbonyl (C=O) groups is 1. The van der Waals surface area contributed by atoms with Crippen molar-refractivity contribution < 1.29 is 9.18 Å². The van der Waals surface area contributed by atoms with Crippen LogP contribution in [0.3, 0.4) is 0 Å². The molecule has 32 heavy (non-hydrogen) atoms. The average molecular weight is 466 g/mol. The third-order valence-corrected chi connectivity index (χ3v) is 6.56. The topological polar surface area (TPSA) is 71.8 Å². The molecule has 1 aromatic heterocycles. The zero-order chi connectivity index (χ0) is 22.1. The first-order valence-electron chi connectivity index (χ1n) is 9.85. The van der Waals surface area contributed by atoms with Gasteiger partial charge in [-0.3, -0.25) is 4.79 Å². The molecule has 0 fully saturated rings. The van der Waals surface area contributed by atoms with Crippen LogP contribution in [0.25, 0.3) is 11.4 Å². The molecular formula is C23H17ClFN5OS. The van der Waals surface area contributed by atoms with Gasteiger partial charge in [0, 0.05) is 10.6 Å². The van der Waals surface area contributed by atoms with Gasteiger partial charge in [-0.15, -0.1) is 10.2 Å². The molecule has 6 nitrogen and oxygen atoms in total. The molecule has 4 aromatic rings. The van der Waals surface area contributed by atoms with E-state index in [9.17, 15) is 9.18 Å². The van der Waals surface area contributed by atoms with Crippen molar-refractivity contribution in [1.29, 1.82) is 0 Å². The zero-order valence-corrected chi connectivity index (χ0v) is 18.1. The number of aromatic nitrogens is 3. The van der Waals surface area contributed by atoms with Crippen molar-refractivity contribution in [2.24, 2.45) is 0 Å². The summed E-state index contributed by atoms with van der Waals surface area (Å²) < 4.78 is 15.9. The van der Waals surface area contributed by atoms with Crippen LogP contribution < -0.4 is 10.7 Å². The maximum absolute atomic E-state index is 14.1. The van der Waals surface area contributed by atoms with E-state index in [0.717, 1.165) is 11.1 Å². The Balaban J connectivity index is 1.52. The zero-order valence-electron chi connectivity index (χ0n) is 16.6. The van der Waals surface area contributed by atoms with Gasteiger partial charge < -0.3 is 10.7 Å². The Morgan fingerprint density at radius 3 is 2.47 bits per heavy atom. The second kappa shape index (κ2) is 8.64. The summed E-state index contributed by atoms with van der Waals surface area (Å²) >= 11 is 7.34. The maximum Gasteiger partial charge on any atom is 0.240 e. The number of nitrogens with one attached hydrogen (secondary N) is 2. The first kappa shape index (κ1) is 20.5. The molecule has 1 amide bonds. The quantitative estimate of drug-likeness (QED) is 0.437. The minimum atomic E-state index is -0.629. The Kier molecular flexibility index (Phi) is 5.55. The minimum absolute atomic E-state index is 0.130. The van der Waals surface area contributed by atoms with E-state index in [1.807, 2.05) is 42.5 Å². The van der Waals surface area contributed by atoms with Crippen LogP contribution in [-0.2, 0) is 4.79 Å². The highest BCUT2D eigenvalue weighted by Crippen LogP contribution is 2.39. The van der Waals surface area contributed by atoms with Crippen molar-refractivity contribution in [2.45, 2.75) is 16.4 Å². The summed E-state index contributed by atoms with van der Waals surface area (Å²) in [5, 5.41) is 11.8. The monoisotopic (exact) mass is 465 g/mol. The summed E-state index contributed by atoms with van der Waals surface area (Å²) in [6.45, 7) is 0. The van der Waals surface area contributed by atoms with Crippen LogP contribution in [0.4, 0.5) is 10.1 Å². The number of carbonyl (C=O) groups excluding carboxylic acids is 1. The number of rotatable bonds is 4. The third-order valence-electron chi connectivity index (χ3n) is 5.09. The molecule has 9 heteroatoms. The lowest BCUT2D eigenvalue weighted by atomic mass is 10.0. The van der Waals surface area contributed by atoms with E-state index in [0.29, 0.717) is 16.0 Å². The van der Waals surface area contributed by atoms with Gasteiger partial charge in [0.25, 0.3) is 0 Å². The molecular weight excluding hydrogens is 449 g/mol. The highest BCUT2D eigenvalue weighted by Gasteiger charge is 2.38. The second-order valence-electron chi connectivity index (χ2n) is 7.17. The minimum Gasteiger partial charge on any atom is -0.323 e. The van der Waals surface area contributed by atoms with Crippen LogP contribution in [0.1, 0.15) is 11.6 Å². The van der Waals surface area contributed by atoms with Gasteiger partial charge in [-0.2, -0.15) is 0 Å². The predicted molar refractivity (Wildman–Crippen MR) is 124 cm³/mol. The van der Waals surface area contributed by atoms with Crippen molar-refractivity contribution in [3.8, 4) is 11.4 Å². The summed E-state index contributed by atoms with van der Waals surface area (Å²) in [7, 11) is 0. The number of halogens is 2. The highest BCUT2D eigenvalue weighted by molar-refractivity contribution is 8.00. The molecule has 1 aliphatic rings. The predicted octanol–water partition coefficient (Wildman–Crippen LogP) is 5.14. The number of thioether (sulfide) groups is 1. The second-order valence-corrected chi connectivity index (χ2v) is 8.72. The van der Waals surface area contributed by atoms with E-state index >= 15 is 0 Å². The molecule has 0 unspecified atom stereocenters. The van der Waals surface area contributed by atoms with Crippen molar-refractivity contribution >= 4 is 35.0 Å². The van der Waals surface area contributed by atoms with Gasteiger partial charge in [0.15, 0.2) is 5.82 Å². The maximum atomic E-state index is 14.1. The standard InChI is InChI=1S/C23H17ClFN5OS/c24-16-12-10-14(11-13-16)19-20(22(31)26-18-9-5-4-8-17(18)25)32-23-28-27-21(30(23)29-19)15-6-2-1-3-7-15/h1-13,19-20,29H,(H,26,31)/t19-,20-/m1/s1. The number of hydrogen-bond donors (Lipinski definition) is 2. The Labute approximate surface area is 192 Å². The van der Waals surface area contributed by atoms with Crippen molar-refractivity contribution in [3.05, 3.63) is 95.3 Å². The summed E-state index contributed by atoms with van der Waals surface area (Å²) in [5.41, 5.74) is 5.26. The van der Waals surface area contributed by atoms with E-state index in [1.165, 1.54) is 23.9 Å². The lowest BCUT2D eigenvalue weighted by molar-refractivity contribution is -0.116. The molecule has 5 rings (SSSR count). The van der Waals surface area contributed by atoms with Gasteiger partial charge in [-0.25, -0.2) is 9.07 Å². The largest absolute Gasteiger partial charge is 0.323 e. The fourth-order valence-corrected chi connectivity index (χ4v) is 4.72. The van der Waals surface area contributed by atoms with Crippen LogP contribution in [0.2, 0.25) is 5.02 Å². The molecule has 2 heterocycles. The van der Waals surface area contributed by atoms with E-state index < -0.39 is 17.1 Å². The van der Waals surface area contributed by atoms with Gasteiger partial charge >= 0.3 is 0 Å². The van der Waals surface area contributed by atoms with Gasteiger partial charge in [0.1, 0.15) is 11.1 Å². The average Bonchev–Trinajstić information content (AvgIpc) is 3.24. The lowest BCUT2D eigenvalue weighted by Crippen LogP contribution is -2.41. The van der Waals surface area contributed by atoms with Crippen molar-refractivity contribution in [3.63, 3.8) is 0 Å². The summed E-state index contributed by atoms with van der Waals surface area (Å²) in [4.78, 5) is 13.2. The molecule has 160 valence electrons. The lowest BCUT2D eigenvalue weighted by Gasteiger charge is -2.33. The number of hydrogen-bond acceptors (Lipinski definition) is 5. The molecule has 0 bridgehead atoms. The smallest absolute Gasteiger partial charge is 0.240 e. The molecule has 0 spiro atoms. The van der Waals surface area contributed by atoms with Crippen LogP contribution >= 0.6 is 23.4 Å². The van der Waals surface area contributed by atoms with Gasteiger partial charge in [-0.05, 0) is 29.8 Å². The fraction of sp³-hybridized carbons (Fsp3) is 0.0870. The number of amides is 1. The normalized spacial score (nSPS) is 17.3. The number of benzene rings is 3. The molecule has 0 aliphatic carbocycles. The number of fused-ring (bicyclic) bond motifs is 1. The number of para-hydroxylation sites is 1. The van der Waals surface area contributed by atoms with Gasteiger partial charge in [-0.1, -0.05) is 78.0 Å². The molecule has 2 atom stereocenters. The highest BCUT2D eigenvalue weighted by atomic mass is 35.5. The molecule has 3 aromatic carbocycles. The Morgan fingerprint density at radius 2 is 1.72 bits per heavy atom. The van der Waals surface area contributed by atoms with Gasteiger partial charge in [0.2, 0.25) is 11.1 Å². The fourth-order valence-electron chi connectivity index (χ4n) is 3.52. The van der Waals surface area contributed by atoms with Crippen molar-refractivity contribution in [2.75, 3.05) is 10.7 Å². The van der Waals surface area contributed by atoms with Crippen LogP contribution in [-0.4, -0.2) is 26.0 Å². The van der Waals surface area contributed by atoms with Crippen LogP contribution in [0, 0.1) is 5.82 Å². The Morgan fingerprint density at radius 1 is 1.00 bits per heavy atom. The molecule has 1 aliphatic heterocycles. The molecule has 0 saturated carbocycles. The van der Waals surface area contributed by atoms with Crippen LogP contribution in [0.15, 0.2) is 84.0 Å². The molecule has 0 saturated heterocycles. The molecule has 0 radical (unpaired) electrons. The SMILES string of the molecule is O=C(Nc1ccccc1F)[C@@H]1Sc2nnc(-c3ccccc3)n2N[C@@H]1c1ccc(Cl)cc1. The summed E-state index contributed by atoms with van der Waals surface area (Å²) in [6.07, 6.45) is 0. The number of nitrogens with zero attached hydrogens (tertiary/aromatic N) is 3. The van der Waals surface area contributed by atoms with E-state index in [2.05, 4.69) is 20.9 Å². The van der Waals surface area contributed by atoms with Crippen LogP contribution in [0.5, 0.6) is 0 Å². The Hall–Kier alpha value is -3.36. The summed E-state index contributed by atoms with van der Waals surface area (Å²) in [6, 6.07) is 22.6. The first-order chi connectivity index (χ1) is 15.6. The summed E-state index contributed by atoms with van der Waals surface area (Å²) in [5.74, 6) is -0.199. The van der Waals surface area contributed by atoms with Gasteiger partial charge in [0.05, 0.1) is 11.7 Å².